The molecule has 1 heterocycles. The number of nitrogens with one attached hydrogen (secondary N) is 1. The van der Waals surface area contributed by atoms with Crippen molar-refractivity contribution in [3.8, 4) is 11.1 Å². The van der Waals surface area contributed by atoms with Crippen LogP contribution < -0.4 is 5.32 Å². The van der Waals surface area contributed by atoms with E-state index in [0.717, 1.165) is 41.9 Å². The Bertz CT molecular complexity index is 880. The summed E-state index contributed by atoms with van der Waals surface area (Å²) in [5.41, 5.74) is 4.55. The first-order valence-corrected chi connectivity index (χ1v) is 10.8. The van der Waals surface area contributed by atoms with Crippen LogP contribution in [0.2, 0.25) is 0 Å². The maximum absolute atomic E-state index is 12.4. The van der Waals surface area contributed by atoms with Gasteiger partial charge in [-0.3, -0.25) is 4.90 Å². The van der Waals surface area contributed by atoms with Crippen molar-refractivity contribution >= 4 is 12.1 Å². The predicted octanol–water partition coefficient (Wildman–Crippen LogP) is 3.09. The number of hydrogen-bond acceptors (Lipinski definition) is 5. The first-order valence-electron chi connectivity index (χ1n) is 10.8. The zero-order valence-corrected chi connectivity index (χ0v) is 17.5. The molecule has 2 N–H and O–H groups in total. The summed E-state index contributed by atoms with van der Waals surface area (Å²) >= 11 is 0. The van der Waals surface area contributed by atoms with Crippen LogP contribution in [0.15, 0.2) is 48.5 Å². The molecule has 2 aromatic rings. The van der Waals surface area contributed by atoms with Crippen molar-refractivity contribution in [1.29, 1.82) is 0 Å². The highest BCUT2D eigenvalue weighted by atomic mass is 16.5. The van der Waals surface area contributed by atoms with Gasteiger partial charge in [-0.25, -0.2) is 9.59 Å². The summed E-state index contributed by atoms with van der Waals surface area (Å²) in [6.45, 7) is 4.09. The van der Waals surface area contributed by atoms with E-state index in [1.807, 2.05) is 36.4 Å². The van der Waals surface area contributed by atoms with Gasteiger partial charge in [-0.05, 0) is 41.6 Å². The van der Waals surface area contributed by atoms with Crippen LogP contribution in [0.5, 0.6) is 0 Å². The van der Waals surface area contributed by atoms with E-state index in [-0.39, 0.29) is 12.5 Å². The molecule has 2 aliphatic rings. The van der Waals surface area contributed by atoms with Crippen LogP contribution in [0, 0.1) is 0 Å². The molecular formula is C24H28N2O5. The lowest BCUT2D eigenvalue weighted by molar-refractivity contribution is -0.139. The highest BCUT2D eigenvalue weighted by molar-refractivity contribution is 5.81. The third-order valence-corrected chi connectivity index (χ3v) is 6.00. The Morgan fingerprint density at radius 3 is 2.29 bits per heavy atom. The number of fused-ring (bicyclic) bond motifs is 3. The number of nitrogens with zero attached hydrogens (tertiary/aromatic N) is 1. The zero-order chi connectivity index (χ0) is 21.6. The van der Waals surface area contributed by atoms with Crippen molar-refractivity contribution in [2.45, 2.75) is 24.8 Å². The number of alkyl carbamates (subject to hydrolysis) is 1. The van der Waals surface area contributed by atoms with E-state index >= 15 is 0 Å². The fourth-order valence-electron chi connectivity index (χ4n) is 4.38. The molecule has 4 rings (SSSR count). The third kappa shape index (κ3) is 5.06. The summed E-state index contributed by atoms with van der Waals surface area (Å²) < 4.78 is 10.8. The molecule has 1 aliphatic heterocycles. The minimum Gasteiger partial charge on any atom is -0.480 e. The van der Waals surface area contributed by atoms with Gasteiger partial charge >= 0.3 is 12.1 Å². The second kappa shape index (κ2) is 9.94. The Morgan fingerprint density at radius 2 is 1.68 bits per heavy atom. The molecule has 2 aromatic carbocycles. The van der Waals surface area contributed by atoms with Gasteiger partial charge in [-0.1, -0.05) is 48.5 Å². The highest BCUT2D eigenvalue weighted by Crippen LogP contribution is 2.44. The van der Waals surface area contributed by atoms with E-state index in [0.29, 0.717) is 26.1 Å². The topological polar surface area (TPSA) is 88.1 Å². The van der Waals surface area contributed by atoms with Crippen molar-refractivity contribution in [1.82, 2.24) is 10.2 Å². The lowest BCUT2D eigenvalue weighted by atomic mass is 9.98. The molecule has 1 aliphatic carbocycles. The number of carboxylic acids is 1. The van der Waals surface area contributed by atoms with Crippen molar-refractivity contribution in [2.24, 2.45) is 0 Å². The number of rotatable bonds is 8. The molecule has 1 fully saturated rings. The molecule has 0 spiro atoms. The van der Waals surface area contributed by atoms with Crippen molar-refractivity contribution < 1.29 is 24.2 Å². The third-order valence-electron chi connectivity index (χ3n) is 6.00. The number of amides is 1. The number of hydrogen-bond donors (Lipinski definition) is 2. The van der Waals surface area contributed by atoms with Crippen LogP contribution in [0.3, 0.4) is 0 Å². The molecule has 0 saturated carbocycles. The summed E-state index contributed by atoms with van der Waals surface area (Å²) in [4.78, 5) is 26.2. The largest absolute Gasteiger partial charge is 0.480 e. The molecule has 1 saturated heterocycles. The van der Waals surface area contributed by atoms with E-state index in [9.17, 15) is 14.7 Å². The zero-order valence-electron chi connectivity index (χ0n) is 17.5. The number of ether oxygens (including phenoxy) is 2. The lowest BCUT2D eigenvalue weighted by Crippen LogP contribution is -2.42. The highest BCUT2D eigenvalue weighted by Gasteiger charge is 2.29. The first-order chi connectivity index (χ1) is 15.1. The number of carboxylic acid groups (broad SMARTS) is 1. The van der Waals surface area contributed by atoms with Crippen LogP contribution in [0.1, 0.15) is 29.9 Å². The molecule has 0 aromatic heterocycles. The summed E-state index contributed by atoms with van der Waals surface area (Å²) in [7, 11) is 0. The summed E-state index contributed by atoms with van der Waals surface area (Å²) in [5.74, 6) is -1.10. The smallest absolute Gasteiger partial charge is 0.407 e. The second-order valence-electron chi connectivity index (χ2n) is 7.96. The standard InChI is InChI=1S/C24H28N2O5/c27-23(28)22(10-5-11-26-12-14-30-15-13-26)25-24(29)31-16-21-19-8-3-1-6-17(19)18-7-2-4-9-20(18)21/h1-4,6-9,21-22H,5,10-16H2,(H,25,29)(H,27,28)/t22-/m0/s1. The molecular weight excluding hydrogens is 396 g/mol. The summed E-state index contributed by atoms with van der Waals surface area (Å²) in [5, 5.41) is 12.0. The average molecular weight is 424 g/mol. The Labute approximate surface area is 182 Å². The average Bonchev–Trinajstić information content (AvgIpc) is 3.11. The second-order valence-corrected chi connectivity index (χ2v) is 7.96. The summed E-state index contributed by atoms with van der Waals surface area (Å²) in [6.07, 6.45) is 0.345. The van der Waals surface area contributed by atoms with Gasteiger partial charge < -0.3 is 19.9 Å². The maximum Gasteiger partial charge on any atom is 0.407 e. The minimum absolute atomic E-state index is 0.0530. The lowest BCUT2D eigenvalue weighted by Gasteiger charge is -2.26. The monoisotopic (exact) mass is 424 g/mol. The fourth-order valence-corrected chi connectivity index (χ4v) is 4.38. The van der Waals surface area contributed by atoms with Gasteiger partial charge in [0.15, 0.2) is 0 Å². The Kier molecular flexibility index (Phi) is 6.84. The number of carbonyl (C=O) groups excluding carboxylic acids is 1. The number of aliphatic carboxylic acids is 1. The van der Waals surface area contributed by atoms with E-state index in [1.54, 1.807) is 0 Å². The molecule has 7 heteroatoms. The summed E-state index contributed by atoms with van der Waals surface area (Å²) in [6, 6.07) is 15.2. The van der Waals surface area contributed by atoms with E-state index in [2.05, 4.69) is 22.3 Å². The fraction of sp³-hybridized carbons (Fsp3) is 0.417. The van der Waals surface area contributed by atoms with Gasteiger partial charge in [-0.2, -0.15) is 0 Å². The van der Waals surface area contributed by atoms with Crippen LogP contribution in [0.25, 0.3) is 11.1 Å². The van der Waals surface area contributed by atoms with Crippen LogP contribution in [0.4, 0.5) is 4.79 Å². The van der Waals surface area contributed by atoms with Gasteiger partial charge in [0, 0.05) is 19.0 Å². The van der Waals surface area contributed by atoms with Gasteiger partial charge in [0.2, 0.25) is 0 Å². The van der Waals surface area contributed by atoms with Crippen molar-refractivity contribution in [2.75, 3.05) is 39.5 Å². The Balaban J connectivity index is 1.31. The van der Waals surface area contributed by atoms with Gasteiger partial charge in [0.1, 0.15) is 12.6 Å². The molecule has 0 radical (unpaired) electrons. The first kappa shape index (κ1) is 21.3. The van der Waals surface area contributed by atoms with E-state index in [4.69, 9.17) is 9.47 Å². The number of carbonyl (C=O) groups is 2. The van der Waals surface area contributed by atoms with Crippen LogP contribution in [-0.2, 0) is 14.3 Å². The van der Waals surface area contributed by atoms with E-state index < -0.39 is 18.1 Å². The van der Waals surface area contributed by atoms with Gasteiger partial charge in [-0.15, -0.1) is 0 Å². The minimum atomic E-state index is -1.05. The molecule has 0 unspecified atom stereocenters. The van der Waals surface area contributed by atoms with Crippen molar-refractivity contribution in [3.63, 3.8) is 0 Å². The van der Waals surface area contributed by atoms with Crippen LogP contribution >= 0.6 is 0 Å². The molecule has 164 valence electrons. The van der Waals surface area contributed by atoms with Crippen molar-refractivity contribution in [3.05, 3.63) is 59.7 Å². The van der Waals surface area contributed by atoms with Crippen LogP contribution in [-0.4, -0.2) is 67.6 Å². The van der Waals surface area contributed by atoms with E-state index in [1.165, 1.54) is 0 Å². The van der Waals surface area contributed by atoms with Gasteiger partial charge in [0.05, 0.1) is 13.2 Å². The SMILES string of the molecule is O=C(N[C@@H](CCCN1CCOCC1)C(=O)O)OCC1c2ccccc2-c2ccccc21. The predicted molar refractivity (Wildman–Crippen MR) is 116 cm³/mol. The maximum atomic E-state index is 12.4. The molecule has 0 bridgehead atoms. The Hall–Kier alpha value is -2.90. The quantitative estimate of drug-likeness (QED) is 0.677. The molecule has 1 amide bonds. The Morgan fingerprint density at radius 1 is 1.06 bits per heavy atom. The number of benzene rings is 2. The van der Waals surface area contributed by atoms with Gasteiger partial charge in [0.25, 0.3) is 0 Å². The molecule has 1 atom stereocenters. The number of morpholine rings is 1. The molecule has 7 nitrogen and oxygen atoms in total. The normalized spacial score (nSPS) is 16.9. The molecule has 31 heavy (non-hydrogen) atoms.